The predicted molar refractivity (Wildman–Crippen MR) is 61.8 cm³/mol. The Balaban J connectivity index is 2.17. The number of nitrogens with zero attached hydrogens (tertiary/aromatic N) is 1. The lowest BCUT2D eigenvalue weighted by Crippen LogP contribution is -2.36. The fourth-order valence-electron chi connectivity index (χ4n) is 1.84. The van der Waals surface area contributed by atoms with E-state index in [1.54, 1.807) is 0 Å². The average Bonchev–Trinajstić information content (AvgIpc) is 2.81. The standard InChI is InChI=1S/C11H12FN3O3/c12-10-2-1-8(15(17)18)5-9(10)11(16)14-7-3-4-13-6-7/h1-2,5,7,13H,3-4,6H2,(H,14,16)/t7-/m0/s1. The number of hydrogen-bond acceptors (Lipinski definition) is 4. The summed E-state index contributed by atoms with van der Waals surface area (Å²) in [6.07, 6.45) is 0.766. The molecule has 7 heteroatoms. The SMILES string of the molecule is O=C(N[C@H]1CCNC1)c1cc([N+](=O)[O-])ccc1F. The van der Waals surface area contributed by atoms with E-state index < -0.39 is 16.6 Å². The van der Waals surface area contributed by atoms with Crippen molar-refractivity contribution in [3.63, 3.8) is 0 Å². The third-order valence-electron chi connectivity index (χ3n) is 2.80. The summed E-state index contributed by atoms with van der Waals surface area (Å²) < 4.78 is 13.5. The van der Waals surface area contributed by atoms with Crippen molar-refractivity contribution in [3.8, 4) is 0 Å². The predicted octanol–water partition coefficient (Wildman–Crippen LogP) is 0.826. The quantitative estimate of drug-likeness (QED) is 0.617. The van der Waals surface area contributed by atoms with Crippen LogP contribution in [0.25, 0.3) is 0 Å². The molecule has 0 aromatic heterocycles. The number of nitro groups is 1. The van der Waals surface area contributed by atoms with Crippen LogP contribution in [0.1, 0.15) is 16.8 Å². The number of benzene rings is 1. The van der Waals surface area contributed by atoms with Gasteiger partial charge in [-0.2, -0.15) is 0 Å². The maximum atomic E-state index is 13.5. The van der Waals surface area contributed by atoms with Crippen LogP contribution in [0.4, 0.5) is 10.1 Å². The van der Waals surface area contributed by atoms with Gasteiger partial charge in [0, 0.05) is 24.7 Å². The number of non-ortho nitro benzene ring substituents is 1. The summed E-state index contributed by atoms with van der Waals surface area (Å²) in [7, 11) is 0. The molecule has 1 aromatic rings. The Bertz CT molecular complexity index is 486. The van der Waals surface area contributed by atoms with Crippen LogP contribution in [-0.4, -0.2) is 30.0 Å². The van der Waals surface area contributed by atoms with Crippen LogP contribution < -0.4 is 10.6 Å². The molecule has 0 saturated carbocycles. The Kier molecular flexibility index (Phi) is 3.52. The molecule has 18 heavy (non-hydrogen) atoms. The van der Waals surface area contributed by atoms with Crippen LogP contribution in [-0.2, 0) is 0 Å². The van der Waals surface area contributed by atoms with Crippen LogP contribution in [0.5, 0.6) is 0 Å². The normalized spacial score (nSPS) is 18.6. The molecule has 1 atom stereocenters. The lowest BCUT2D eigenvalue weighted by atomic mass is 10.1. The maximum Gasteiger partial charge on any atom is 0.270 e. The minimum atomic E-state index is -0.760. The largest absolute Gasteiger partial charge is 0.348 e. The lowest BCUT2D eigenvalue weighted by molar-refractivity contribution is -0.384. The molecular weight excluding hydrogens is 241 g/mol. The van der Waals surface area contributed by atoms with Crippen molar-refractivity contribution < 1.29 is 14.1 Å². The minimum Gasteiger partial charge on any atom is -0.348 e. The van der Waals surface area contributed by atoms with Crippen LogP contribution in [0.15, 0.2) is 18.2 Å². The first-order valence-electron chi connectivity index (χ1n) is 5.53. The monoisotopic (exact) mass is 253 g/mol. The second-order valence-corrected chi connectivity index (χ2v) is 4.08. The number of carbonyl (C=O) groups excluding carboxylic acids is 1. The molecular formula is C11H12FN3O3. The number of carbonyl (C=O) groups is 1. The zero-order valence-electron chi connectivity index (χ0n) is 9.48. The van der Waals surface area contributed by atoms with Gasteiger partial charge in [0.05, 0.1) is 10.5 Å². The van der Waals surface area contributed by atoms with Crippen LogP contribution in [0, 0.1) is 15.9 Å². The molecule has 1 saturated heterocycles. The highest BCUT2D eigenvalue weighted by Crippen LogP contribution is 2.17. The molecule has 2 N–H and O–H groups in total. The van der Waals surface area contributed by atoms with E-state index in [0.29, 0.717) is 6.54 Å². The third kappa shape index (κ3) is 2.62. The molecule has 0 spiro atoms. The van der Waals surface area contributed by atoms with E-state index in [0.717, 1.165) is 31.2 Å². The van der Waals surface area contributed by atoms with E-state index in [9.17, 15) is 19.3 Å². The summed E-state index contributed by atoms with van der Waals surface area (Å²) in [6, 6.07) is 2.85. The topological polar surface area (TPSA) is 84.3 Å². The number of nitrogens with one attached hydrogen (secondary N) is 2. The Morgan fingerprint density at radius 3 is 2.94 bits per heavy atom. The molecule has 1 heterocycles. The second-order valence-electron chi connectivity index (χ2n) is 4.08. The first-order chi connectivity index (χ1) is 8.58. The highest BCUT2D eigenvalue weighted by molar-refractivity contribution is 5.95. The molecule has 1 fully saturated rings. The first kappa shape index (κ1) is 12.4. The number of rotatable bonds is 3. The van der Waals surface area contributed by atoms with Gasteiger partial charge in [-0.05, 0) is 19.0 Å². The van der Waals surface area contributed by atoms with E-state index in [2.05, 4.69) is 10.6 Å². The second kappa shape index (κ2) is 5.09. The van der Waals surface area contributed by atoms with Gasteiger partial charge in [-0.15, -0.1) is 0 Å². The molecule has 1 amide bonds. The van der Waals surface area contributed by atoms with Crippen LogP contribution in [0.2, 0.25) is 0 Å². The summed E-state index contributed by atoms with van der Waals surface area (Å²) in [4.78, 5) is 21.7. The van der Waals surface area contributed by atoms with Gasteiger partial charge < -0.3 is 10.6 Å². The van der Waals surface area contributed by atoms with Gasteiger partial charge in [0.15, 0.2) is 0 Å². The van der Waals surface area contributed by atoms with Crippen molar-refractivity contribution in [3.05, 3.63) is 39.7 Å². The van der Waals surface area contributed by atoms with E-state index in [1.165, 1.54) is 0 Å². The molecule has 2 rings (SSSR count). The van der Waals surface area contributed by atoms with Crippen molar-refractivity contribution in [2.45, 2.75) is 12.5 Å². The van der Waals surface area contributed by atoms with E-state index in [1.807, 2.05) is 0 Å². The highest BCUT2D eigenvalue weighted by Gasteiger charge is 2.21. The summed E-state index contributed by atoms with van der Waals surface area (Å²) >= 11 is 0. The fourth-order valence-corrected chi connectivity index (χ4v) is 1.84. The van der Waals surface area contributed by atoms with Crippen molar-refractivity contribution in [2.75, 3.05) is 13.1 Å². The molecule has 96 valence electrons. The van der Waals surface area contributed by atoms with Crippen molar-refractivity contribution in [1.29, 1.82) is 0 Å². The summed E-state index contributed by atoms with van der Waals surface area (Å²) in [5.41, 5.74) is -0.595. The zero-order valence-corrected chi connectivity index (χ0v) is 9.48. The van der Waals surface area contributed by atoms with Crippen LogP contribution >= 0.6 is 0 Å². The first-order valence-corrected chi connectivity index (χ1v) is 5.53. The third-order valence-corrected chi connectivity index (χ3v) is 2.80. The van der Waals surface area contributed by atoms with Gasteiger partial charge in [-0.1, -0.05) is 0 Å². The zero-order chi connectivity index (χ0) is 13.1. The summed E-state index contributed by atoms with van der Waals surface area (Å²) in [6.45, 7) is 1.42. The van der Waals surface area contributed by atoms with Gasteiger partial charge in [0.1, 0.15) is 5.82 Å². The number of amides is 1. The Hall–Kier alpha value is -2.02. The van der Waals surface area contributed by atoms with Crippen molar-refractivity contribution in [1.82, 2.24) is 10.6 Å². The average molecular weight is 253 g/mol. The molecule has 0 aliphatic carbocycles. The van der Waals surface area contributed by atoms with Crippen LogP contribution in [0.3, 0.4) is 0 Å². The molecule has 1 aromatic carbocycles. The van der Waals surface area contributed by atoms with Gasteiger partial charge in [-0.25, -0.2) is 4.39 Å². The van der Waals surface area contributed by atoms with Gasteiger partial charge in [-0.3, -0.25) is 14.9 Å². The number of hydrogen-bond donors (Lipinski definition) is 2. The Morgan fingerprint density at radius 2 is 2.33 bits per heavy atom. The Labute approximate surface area is 102 Å². The summed E-state index contributed by atoms with van der Waals surface area (Å²) in [5, 5.41) is 16.3. The smallest absolute Gasteiger partial charge is 0.270 e. The minimum absolute atomic E-state index is 0.0591. The molecule has 0 unspecified atom stereocenters. The molecule has 1 aliphatic heterocycles. The highest BCUT2D eigenvalue weighted by atomic mass is 19.1. The van der Waals surface area contributed by atoms with Gasteiger partial charge in [0.25, 0.3) is 11.6 Å². The molecule has 0 radical (unpaired) electrons. The number of nitro benzene ring substituents is 1. The van der Waals surface area contributed by atoms with Gasteiger partial charge in [0.2, 0.25) is 0 Å². The van der Waals surface area contributed by atoms with Crippen molar-refractivity contribution >= 4 is 11.6 Å². The molecule has 1 aliphatic rings. The van der Waals surface area contributed by atoms with E-state index >= 15 is 0 Å². The summed E-state index contributed by atoms with van der Waals surface area (Å²) in [5.74, 6) is -1.38. The van der Waals surface area contributed by atoms with E-state index in [-0.39, 0.29) is 17.3 Å². The molecule has 0 bridgehead atoms. The Morgan fingerprint density at radius 1 is 1.56 bits per heavy atom. The van der Waals surface area contributed by atoms with Crippen molar-refractivity contribution in [2.24, 2.45) is 0 Å². The van der Waals surface area contributed by atoms with Gasteiger partial charge >= 0.3 is 0 Å². The number of halogens is 1. The maximum absolute atomic E-state index is 13.5. The molecule has 6 nitrogen and oxygen atoms in total. The lowest BCUT2D eigenvalue weighted by Gasteiger charge is -2.11. The fraction of sp³-hybridized carbons (Fsp3) is 0.364. The van der Waals surface area contributed by atoms with E-state index in [4.69, 9.17) is 0 Å².